The van der Waals surface area contributed by atoms with E-state index in [4.69, 9.17) is 0 Å². The largest absolute Gasteiger partial charge is 0.396 e. The third kappa shape index (κ3) is 5.10. The van der Waals surface area contributed by atoms with E-state index in [0.717, 1.165) is 11.1 Å². The number of nitrogens with one attached hydrogen (secondary N) is 1. The Kier molecular flexibility index (Phi) is 6.82. The van der Waals surface area contributed by atoms with Crippen LogP contribution in [0.3, 0.4) is 0 Å². The Morgan fingerprint density at radius 2 is 1.79 bits per heavy atom. The van der Waals surface area contributed by atoms with Gasteiger partial charge >= 0.3 is 6.03 Å². The number of aliphatic hydroxyl groups excluding tert-OH is 1. The molecule has 0 aromatic heterocycles. The van der Waals surface area contributed by atoms with Gasteiger partial charge < -0.3 is 15.3 Å². The van der Waals surface area contributed by atoms with Gasteiger partial charge in [-0.2, -0.15) is 0 Å². The van der Waals surface area contributed by atoms with E-state index in [0.29, 0.717) is 19.5 Å². The maximum atomic E-state index is 12.4. The highest BCUT2D eigenvalue weighted by atomic mass is 16.3. The summed E-state index contributed by atoms with van der Waals surface area (Å²) < 4.78 is 0. The number of carbonyl (C=O) groups is 1. The van der Waals surface area contributed by atoms with Gasteiger partial charge in [-0.15, -0.1) is 0 Å². The van der Waals surface area contributed by atoms with E-state index in [1.54, 1.807) is 11.9 Å². The van der Waals surface area contributed by atoms with E-state index in [9.17, 15) is 9.90 Å². The van der Waals surface area contributed by atoms with Gasteiger partial charge in [0.25, 0.3) is 0 Å². The van der Waals surface area contributed by atoms with Crippen LogP contribution in [0.4, 0.5) is 4.79 Å². The topological polar surface area (TPSA) is 52.6 Å². The molecule has 24 heavy (non-hydrogen) atoms. The molecule has 0 saturated heterocycles. The Morgan fingerprint density at radius 3 is 2.46 bits per heavy atom. The van der Waals surface area contributed by atoms with Crippen molar-refractivity contribution < 1.29 is 9.90 Å². The molecule has 0 saturated carbocycles. The normalized spacial score (nSPS) is 11.8. The molecule has 0 aliphatic heterocycles. The molecule has 0 fully saturated rings. The number of benzene rings is 2. The summed E-state index contributed by atoms with van der Waals surface area (Å²) in [5.41, 5.74) is 3.46. The first kappa shape index (κ1) is 18.0. The van der Waals surface area contributed by atoms with Crippen molar-refractivity contribution in [3.05, 3.63) is 71.3 Å². The Bertz CT molecular complexity index is 643. The van der Waals surface area contributed by atoms with Crippen molar-refractivity contribution in [3.8, 4) is 0 Å². The molecular formula is C20H26N2O2. The molecule has 4 heteroatoms. The zero-order valence-electron chi connectivity index (χ0n) is 14.4. The van der Waals surface area contributed by atoms with Crippen LogP contribution in [0.1, 0.15) is 29.0 Å². The third-order valence-corrected chi connectivity index (χ3v) is 4.26. The second kappa shape index (κ2) is 9.08. The fourth-order valence-corrected chi connectivity index (χ4v) is 2.73. The summed E-state index contributed by atoms with van der Waals surface area (Å²) in [4.78, 5) is 14.0. The first-order valence-corrected chi connectivity index (χ1v) is 8.31. The monoisotopic (exact) mass is 326 g/mol. The minimum Gasteiger partial charge on any atom is -0.396 e. The van der Waals surface area contributed by atoms with Crippen LogP contribution in [-0.4, -0.2) is 36.2 Å². The molecular weight excluding hydrogens is 300 g/mol. The molecule has 4 nitrogen and oxygen atoms in total. The maximum absolute atomic E-state index is 12.4. The van der Waals surface area contributed by atoms with Gasteiger partial charge in [0.1, 0.15) is 0 Å². The molecule has 1 unspecified atom stereocenters. The summed E-state index contributed by atoms with van der Waals surface area (Å²) in [5.74, 6) is 0.118. The molecule has 0 bridgehead atoms. The summed E-state index contributed by atoms with van der Waals surface area (Å²) in [6, 6.07) is 18.0. The second-order valence-electron chi connectivity index (χ2n) is 6.09. The van der Waals surface area contributed by atoms with Gasteiger partial charge in [0.05, 0.1) is 0 Å². The molecule has 0 spiro atoms. The lowest BCUT2D eigenvalue weighted by Gasteiger charge is -2.22. The van der Waals surface area contributed by atoms with Crippen LogP contribution in [0.5, 0.6) is 0 Å². The third-order valence-electron chi connectivity index (χ3n) is 4.26. The number of hydrogen-bond acceptors (Lipinski definition) is 2. The SMILES string of the molecule is Cc1ccccc1CN(C)C(=O)NCC(CCO)c1ccccc1. The number of amides is 2. The van der Waals surface area contributed by atoms with Crippen LogP contribution in [-0.2, 0) is 6.54 Å². The zero-order chi connectivity index (χ0) is 17.4. The molecule has 2 amide bonds. The molecule has 0 aliphatic rings. The zero-order valence-corrected chi connectivity index (χ0v) is 14.4. The van der Waals surface area contributed by atoms with Crippen molar-refractivity contribution in [2.45, 2.75) is 25.8 Å². The Hall–Kier alpha value is -2.33. The molecule has 2 aromatic rings. The lowest BCUT2D eigenvalue weighted by molar-refractivity contribution is 0.204. The number of carbonyl (C=O) groups excluding carboxylic acids is 1. The van der Waals surface area contributed by atoms with E-state index < -0.39 is 0 Å². The number of nitrogens with zero attached hydrogens (tertiary/aromatic N) is 1. The van der Waals surface area contributed by atoms with Gasteiger partial charge in [-0.3, -0.25) is 0 Å². The Balaban J connectivity index is 1.92. The highest BCUT2D eigenvalue weighted by Crippen LogP contribution is 2.18. The summed E-state index contributed by atoms with van der Waals surface area (Å²) in [5, 5.41) is 12.3. The van der Waals surface area contributed by atoms with Gasteiger partial charge in [0.15, 0.2) is 0 Å². The minimum atomic E-state index is -0.0999. The summed E-state index contributed by atoms with van der Waals surface area (Å²) in [6.07, 6.45) is 0.631. The lowest BCUT2D eigenvalue weighted by atomic mass is 9.96. The van der Waals surface area contributed by atoms with Gasteiger partial charge in [0.2, 0.25) is 0 Å². The van der Waals surface area contributed by atoms with E-state index in [1.807, 2.05) is 61.5 Å². The predicted molar refractivity (Wildman–Crippen MR) is 96.9 cm³/mol. The fourth-order valence-electron chi connectivity index (χ4n) is 2.73. The van der Waals surface area contributed by atoms with Crippen LogP contribution in [0.2, 0.25) is 0 Å². The lowest BCUT2D eigenvalue weighted by Crippen LogP contribution is -2.39. The van der Waals surface area contributed by atoms with Crippen molar-refractivity contribution >= 4 is 6.03 Å². The smallest absolute Gasteiger partial charge is 0.317 e. The predicted octanol–water partition coefficient (Wildman–Crippen LogP) is 3.30. The highest BCUT2D eigenvalue weighted by Gasteiger charge is 2.15. The standard InChI is InChI=1S/C20H26N2O2/c1-16-8-6-7-11-19(16)15-22(2)20(24)21-14-18(12-13-23)17-9-4-3-5-10-17/h3-11,18,23H,12-15H2,1-2H3,(H,21,24). The summed E-state index contributed by atoms with van der Waals surface area (Å²) in [6.45, 7) is 3.25. The van der Waals surface area contributed by atoms with Gasteiger partial charge in [-0.05, 0) is 30.0 Å². The molecule has 2 rings (SSSR count). The van der Waals surface area contributed by atoms with Crippen molar-refractivity contribution in [1.82, 2.24) is 10.2 Å². The van der Waals surface area contributed by atoms with E-state index in [-0.39, 0.29) is 18.6 Å². The number of urea groups is 1. The van der Waals surface area contributed by atoms with E-state index >= 15 is 0 Å². The number of hydrogen-bond donors (Lipinski definition) is 2. The molecule has 0 heterocycles. The van der Waals surface area contributed by atoms with Crippen LogP contribution < -0.4 is 5.32 Å². The van der Waals surface area contributed by atoms with E-state index in [2.05, 4.69) is 5.32 Å². The minimum absolute atomic E-state index is 0.0999. The number of rotatable bonds is 7. The maximum Gasteiger partial charge on any atom is 0.317 e. The van der Waals surface area contributed by atoms with Crippen LogP contribution in [0, 0.1) is 6.92 Å². The van der Waals surface area contributed by atoms with Crippen molar-refractivity contribution in [1.29, 1.82) is 0 Å². The van der Waals surface area contributed by atoms with Crippen LogP contribution in [0.25, 0.3) is 0 Å². The quantitative estimate of drug-likeness (QED) is 0.820. The highest BCUT2D eigenvalue weighted by molar-refractivity contribution is 5.74. The van der Waals surface area contributed by atoms with Gasteiger partial charge in [0, 0.05) is 32.7 Å². The molecule has 2 N–H and O–H groups in total. The molecule has 0 radical (unpaired) electrons. The molecule has 2 aromatic carbocycles. The molecule has 0 aliphatic carbocycles. The number of aliphatic hydroxyl groups is 1. The van der Waals surface area contributed by atoms with Crippen molar-refractivity contribution in [2.24, 2.45) is 0 Å². The van der Waals surface area contributed by atoms with Crippen molar-refractivity contribution in [2.75, 3.05) is 20.2 Å². The average molecular weight is 326 g/mol. The Morgan fingerprint density at radius 1 is 1.12 bits per heavy atom. The summed E-state index contributed by atoms with van der Waals surface area (Å²) >= 11 is 0. The average Bonchev–Trinajstić information content (AvgIpc) is 2.61. The second-order valence-corrected chi connectivity index (χ2v) is 6.09. The van der Waals surface area contributed by atoms with Crippen LogP contribution >= 0.6 is 0 Å². The van der Waals surface area contributed by atoms with Gasteiger partial charge in [-0.1, -0.05) is 54.6 Å². The van der Waals surface area contributed by atoms with Gasteiger partial charge in [-0.25, -0.2) is 4.79 Å². The van der Waals surface area contributed by atoms with Crippen molar-refractivity contribution in [3.63, 3.8) is 0 Å². The summed E-state index contributed by atoms with van der Waals surface area (Å²) in [7, 11) is 1.80. The Labute approximate surface area is 144 Å². The van der Waals surface area contributed by atoms with E-state index in [1.165, 1.54) is 5.56 Å². The number of aryl methyl sites for hydroxylation is 1. The van der Waals surface area contributed by atoms with Crippen LogP contribution in [0.15, 0.2) is 54.6 Å². The fraction of sp³-hybridized carbons (Fsp3) is 0.350. The molecule has 1 atom stereocenters. The first-order valence-electron chi connectivity index (χ1n) is 8.31. The first-order chi connectivity index (χ1) is 11.6. The molecule has 128 valence electrons.